The average molecular weight is 314 g/mol. The number of fused-ring (bicyclic) bond motifs is 1. The third kappa shape index (κ3) is 2.47. The molecule has 1 spiro atoms. The van der Waals surface area contributed by atoms with Crippen molar-refractivity contribution < 1.29 is 27.6 Å². The van der Waals surface area contributed by atoms with E-state index in [1.165, 1.54) is 0 Å². The van der Waals surface area contributed by atoms with Crippen LogP contribution in [0.4, 0.5) is 13.2 Å². The second-order valence-corrected chi connectivity index (χ2v) is 5.62. The van der Waals surface area contributed by atoms with Gasteiger partial charge in [0, 0.05) is 36.5 Å². The molecule has 1 aliphatic heterocycles. The van der Waals surface area contributed by atoms with E-state index in [0.29, 0.717) is 24.8 Å². The molecule has 0 radical (unpaired) electrons. The number of alkyl halides is 3. The zero-order chi connectivity index (χ0) is 16.0. The molecule has 5 nitrogen and oxygen atoms in total. The molecule has 0 N–H and O–H groups in total. The van der Waals surface area contributed by atoms with Gasteiger partial charge in [0.1, 0.15) is 0 Å². The fourth-order valence-electron chi connectivity index (χ4n) is 3.10. The summed E-state index contributed by atoms with van der Waals surface area (Å²) in [6.45, 7) is 0.212. The van der Waals surface area contributed by atoms with Crippen LogP contribution in [0, 0.1) is 5.41 Å². The minimum Gasteiger partial charge on any atom is -0.361 e. The van der Waals surface area contributed by atoms with Crippen molar-refractivity contribution in [2.45, 2.75) is 25.4 Å². The zero-order valence-electron chi connectivity index (χ0n) is 11.5. The van der Waals surface area contributed by atoms with Crippen LogP contribution in [0.3, 0.4) is 0 Å². The molecular formula is C14H13F3N2O3. The lowest BCUT2D eigenvalue weighted by Crippen LogP contribution is -2.45. The van der Waals surface area contributed by atoms with Crippen LogP contribution in [0.25, 0.3) is 0 Å². The Balaban J connectivity index is 1.66. The first-order chi connectivity index (χ1) is 10.3. The van der Waals surface area contributed by atoms with Gasteiger partial charge < -0.3 is 4.84 Å². The average Bonchev–Trinajstić information content (AvgIpc) is 2.74. The van der Waals surface area contributed by atoms with Gasteiger partial charge in [0.2, 0.25) is 0 Å². The predicted molar refractivity (Wildman–Crippen MR) is 67.7 cm³/mol. The second kappa shape index (κ2) is 5.05. The Morgan fingerprint density at radius 2 is 2.00 bits per heavy atom. The second-order valence-electron chi connectivity index (χ2n) is 5.62. The Kier molecular flexibility index (Phi) is 3.43. The number of rotatable bonds is 1. The molecule has 1 aromatic rings. The molecule has 0 amide bonds. The third-order valence-electron chi connectivity index (χ3n) is 4.28. The molecule has 1 aliphatic carbocycles. The van der Waals surface area contributed by atoms with E-state index in [0.717, 1.165) is 10.6 Å². The van der Waals surface area contributed by atoms with Crippen LogP contribution in [0.5, 0.6) is 0 Å². The minimum absolute atomic E-state index is 0.00620. The number of pyridine rings is 1. The maximum Gasteiger partial charge on any atom is 0.492 e. The van der Waals surface area contributed by atoms with Crippen LogP contribution >= 0.6 is 0 Å². The Bertz CT molecular complexity index is 622. The molecule has 1 aromatic heterocycles. The SMILES string of the molecule is O=C(ON1CCC2(CC1)Cc1cnccc1C2=O)C(F)(F)F. The van der Waals surface area contributed by atoms with Gasteiger partial charge in [-0.25, -0.2) is 4.79 Å². The highest BCUT2D eigenvalue weighted by molar-refractivity contribution is 6.04. The number of ketones is 1. The standard InChI is InChI=1S/C14H13F3N2O3/c15-14(16,17)12(21)22-19-5-2-13(3-6-19)7-9-8-18-4-1-10(9)11(13)20/h1,4,8H,2-3,5-7H2. The molecule has 0 aromatic carbocycles. The minimum atomic E-state index is -5.01. The fourth-order valence-corrected chi connectivity index (χ4v) is 3.10. The van der Waals surface area contributed by atoms with Gasteiger partial charge in [0.15, 0.2) is 5.78 Å². The van der Waals surface area contributed by atoms with E-state index >= 15 is 0 Å². The summed E-state index contributed by atoms with van der Waals surface area (Å²) in [5, 5.41) is 0.982. The van der Waals surface area contributed by atoms with Gasteiger partial charge in [0.05, 0.1) is 0 Å². The van der Waals surface area contributed by atoms with E-state index in [1.54, 1.807) is 18.5 Å². The van der Waals surface area contributed by atoms with Crippen LogP contribution in [0.1, 0.15) is 28.8 Å². The topological polar surface area (TPSA) is 59.5 Å². The normalized spacial score (nSPS) is 21.0. The molecule has 22 heavy (non-hydrogen) atoms. The van der Waals surface area contributed by atoms with Crippen LogP contribution in [0.2, 0.25) is 0 Å². The molecule has 8 heteroatoms. The number of piperidine rings is 1. The van der Waals surface area contributed by atoms with Gasteiger partial charge in [-0.05, 0) is 30.9 Å². The Hall–Kier alpha value is -1.96. The molecule has 0 atom stereocenters. The summed E-state index contributed by atoms with van der Waals surface area (Å²) in [7, 11) is 0. The third-order valence-corrected chi connectivity index (χ3v) is 4.28. The van der Waals surface area contributed by atoms with Crippen LogP contribution in [-0.2, 0) is 16.1 Å². The summed E-state index contributed by atoms with van der Waals surface area (Å²) in [5.74, 6) is -2.22. The highest BCUT2D eigenvalue weighted by atomic mass is 19.4. The summed E-state index contributed by atoms with van der Waals surface area (Å²) in [4.78, 5) is 31.7. The van der Waals surface area contributed by atoms with Crippen molar-refractivity contribution >= 4 is 11.8 Å². The number of carbonyl (C=O) groups is 2. The fraction of sp³-hybridized carbons (Fsp3) is 0.500. The number of Topliss-reactive ketones (excluding diaryl/α,β-unsaturated/α-hetero) is 1. The molecular weight excluding hydrogens is 301 g/mol. The van der Waals surface area contributed by atoms with E-state index in [4.69, 9.17) is 0 Å². The van der Waals surface area contributed by atoms with Gasteiger partial charge in [-0.3, -0.25) is 9.78 Å². The summed E-state index contributed by atoms with van der Waals surface area (Å²) in [5.41, 5.74) is 0.899. The molecule has 0 unspecified atom stereocenters. The van der Waals surface area contributed by atoms with Crippen molar-refractivity contribution in [1.82, 2.24) is 10.0 Å². The van der Waals surface area contributed by atoms with Crippen LogP contribution in [-0.4, -0.2) is 41.1 Å². The predicted octanol–water partition coefficient (Wildman–Crippen LogP) is 1.92. The Morgan fingerprint density at radius 3 is 2.59 bits per heavy atom. The number of halogens is 3. The van der Waals surface area contributed by atoms with Crippen molar-refractivity contribution in [3.8, 4) is 0 Å². The van der Waals surface area contributed by atoms with Crippen molar-refractivity contribution in [3.05, 3.63) is 29.6 Å². The number of nitrogens with zero attached hydrogens (tertiary/aromatic N) is 2. The van der Waals surface area contributed by atoms with Crippen molar-refractivity contribution in [1.29, 1.82) is 0 Å². The summed E-state index contributed by atoms with van der Waals surface area (Å²) in [6.07, 6.45) is -0.568. The number of hydrogen-bond donors (Lipinski definition) is 0. The van der Waals surface area contributed by atoms with E-state index in [-0.39, 0.29) is 18.9 Å². The van der Waals surface area contributed by atoms with Gasteiger partial charge in [-0.2, -0.15) is 13.2 Å². The van der Waals surface area contributed by atoms with E-state index < -0.39 is 17.6 Å². The molecule has 0 bridgehead atoms. The molecule has 1 fully saturated rings. The first-order valence-corrected chi connectivity index (χ1v) is 6.84. The summed E-state index contributed by atoms with van der Waals surface area (Å²) in [6, 6.07) is 1.67. The number of hydroxylamine groups is 2. The lowest BCUT2D eigenvalue weighted by molar-refractivity contribution is -0.243. The van der Waals surface area contributed by atoms with E-state index in [2.05, 4.69) is 9.82 Å². The highest BCUT2D eigenvalue weighted by Crippen LogP contribution is 2.44. The molecule has 118 valence electrons. The number of hydrogen-bond acceptors (Lipinski definition) is 5. The van der Waals surface area contributed by atoms with Crippen molar-refractivity contribution in [2.24, 2.45) is 5.41 Å². The maximum absolute atomic E-state index is 12.5. The maximum atomic E-state index is 12.5. The van der Waals surface area contributed by atoms with Gasteiger partial charge in [-0.15, -0.1) is 5.06 Å². The van der Waals surface area contributed by atoms with Crippen molar-refractivity contribution in [2.75, 3.05) is 13.1 Å². The molecule has 3 rings (SSSR count). The highest BCUT2D eigenvalue weighted by Gasteiger charge is 2.49. The first kappa shape index (κ1) is 15.0. The lowest BCUT2D eigenvalue weighted by atomic mass is 9.75. The quantitative estimate of drug-likeness (QED) is 0.792. The largest absolute Gasteiger partial charge is 0.492 e. The van der Waals surface area contributed by atoms with E-state index in [1.807, 2.05) is 0 Å². The van der Waals surface area contributed by atoms with Gasteiger partial charge >= 0.3 is 12.1 Å². The van der Waals surface area contributed by atoms with E-state index in [9.17, 15) is 22.8 Å². The number of carbonyl (C=O) groups excluding carboxylic acids is 2. The van der Waals surface area contributed by atoms with Crippen molar-refractivity contribution in [3.63, 3.8) is 0 Å². The smallest absolute Gasteiger partial charge is 0.361 e. The summed E-state index contributed by atoms with van der Waals surface area (Å²) >= 11 is 0. The zero-order valence-corrected chi connectivity index (χ0v) is 11.5. The summed E-state index contributed by atoms with van der Waals surface area (Å²) < 4.78 is 36.5. The monoisotopic (exact) mass is 314 g/mol. The van der Waals surface area contributed by atoms with Gasteiger partial charge in [0.25, 0.3) is 0 Å². The first-order valence-electron chi connectivity index (χ1n) is 6.84. The van der Waals surface area contributed by atoms with Gasteiger partial charge in [-0.1, -0.05) is 0 Å². The molecule has 2 heterocycles. The molecule has 0 saturated carbocycles. The Morgan fingerprint density at radius 1 is 1.32 bits per heavy atom. The van der Waals surface area contributed by atoms with Crippen LogP contribution in [0.15, 0.2) is 18.5 Å². The molecule has 1 saturated heterocycles. The Labute approximate surface area is 124 Å². The number of aromatic nitrogens is 1. The lowest BCUT2D eigenvalue weighted by Gasteiger charge is -2.36. The molecule has 2 aliphatic rings. The van der Waals surface area contributed by atoms with Crippen LogP contribution < -0.4 is 0 Å².